The van der Waals surface area contributed by atoms with Crippen molar-refractivity contribution in [1.82, 2.24) is 5.32 Å². The maximum atomic E-state index is 12.5. The van der Waals surface area contributed by atoms with Crippen molar-refractivity contribution in [2.75, 3.05) is 0 Å². The lowest BCUT2D eigenvalue weighted by atomic mass is 9.86. The minimum absolute atomic E-state index is 0.0315. The third kappa shape index (κ3) is 5.37. The maximum absolute atomic E-state index is 12.5. The number of hydrogen-bond donors (Lipinski definition) is 1. The Morgan fingerprint density at radius 1 is 1.00 bits per heavy atom. The van der Waals surface area contributed by atoms with E-state index in [1.165, 1.54) is 24.8 Å². The molecule has 0 spiro atoms. The van der Waals surface area contributed by atoms with E-state index in [-0.39, 0.29) is 11.3 Å². The van der Waals surface area contributed by atoms with E-state index in [1.54, 1.807) is 0 Å². The summed E-state index contributed by atoms with van der Waals surface area (Å²) in [6.45, 7) is 9.34. The van der Waals surface area contributed by atoms with Crippen molar-refractivity contribution in [3.63, 3.8) is 0 Å². The molecule has 2 atom stereocenters. The maximum Gasteiger partial charge on any atom is 0.251 e. The molecule has 2 aromatic carbocycles. The summed E-state index contributed by atoms with van der Waals surface area (Å²) in [5.74, 6) is 1.46. The average molecular weight is 380 g/mol. The second kappa shape index (κ2) is 8.81. The molecule has 0 unspecified atom stereocenters. The largest absolute Gasteiger partial charge is 0.489 e. The first kappa shape index (κ1) is 20.4. The second-order valence-electron chi connectivity index (χ2n) is 9.10. The number of carbonyl (C=O) groups excluding carboxylic acids is 1. The number of ether oxygens (including phenoxy) is 1. The van der Waals surface area contributed by atoms with Crippen molar-refractivity contribution < 1.29 is 9.53 Å². The van der Waals surface area contributed by atoms with Gasteiger partial charge in [-0.2, -0.15) is 0 Å². The monoisotopic (exact) mass is 379 g/mol. The molecule has 0 heterocycles. The Kier molecular flexibility index (Phi) is 6.43. The van der Waals surface area contributed by atoms with Crippen molar-refractivity contribution in [3.8, 4) is 5.75 Å². The van der Waals surface area contributed by atoms with Gasteiger partial charge in [0.15, 0.2) is 0 Å². The Balaban J connectivity index is 1.53. The highest BCUT2D eigenvalue weighted by atomic mass is 16.5. The van der Waals surface area contributed by atoms with Crippen LogP contribution in [0.15, 0.2) is 48.5 Å². The number of benzene rings is 2. The van der Waals surface area contributed by atoms with Gasteiger partial charge in [0.1, 0.15) is 12.4 Å². The highest BCUT2D eigenvalue weighted by Gasteiger charge is 2.23. The second-order valence-corrected chi connectivity index (χ2v) is 9.10. The number of hydrogen-bond acceptors (Lipinski definition) is 2. The highest BCUT2D eigenvalue weighted by Crippen LogP contribution is 2.25. The summed E-state index contributed by atoms with van der Waals surface area (Å²) in [5.41, 5.74) is 3.21. The van der Waals surface area contributed by atoms with E-state index >= 15 is 0 Å². The number of rotatable bonds is 5. The van der Waals surface area contributed by atoms with Gasteiger partial charge in [0, 0.05) is 11.6 Å². The molecule has 2 aromatic rings. The Morgan fingerprint density at radius 2 is 1.64 bits per heavy atom. The molecule has 1 aliphatic rings. The standard InChI is InChI=1S/C25H33NO2/c1-18-7-5-6-8-23(18)26-24(27)20-11-9-19(10-12-20)17-28-22-15-13-21(14-16-22)25(2,3)4/h9-16,18,23H,5-8,17H2,1-4H3,(H,26,27)/t18-,23+/m1/s1. The van der Waals surface area contributed by atoms with Gasteiger partial charge in [-0.3, -0.25) is 4.79 Å². The molecule has 1 N–H and O–H groups in total. The fourth-order valence-electron chi connectivity index (χ4n) is 3.75. The minimum atomic E-state index is 0.0315. The Labute approximate surface area is 169 Å². The van der Waals surface area contributed by atoms with E-state index in [0.717, 1.165) is 23.3 Å². The van der Waals surface area contributed by atoms with Crippen LogP contribution in [0, 0.1) is 5.92 Å². The molecule has 0 bridgehead atoms. The molecule has 0 aliphatic heterocycles. The molecule has 3 heteroatoms. The molecule has 0 aromatic heterocycles. The van der Waals surface area contributed by atoms with Gasteiger partial charge in [0.05, 0.1) is 0 Å². The summed E-state index contributed by atoms with van der Waals surface area (Å²) in [7, 11) is 0. The van der Waals surface area contributed by atoms with Crippen molar-refractivity contribution in [3.05, 3.63) is 65.2 Å². The molecule has 3 rings (SSSR count). The van der Waals surface area contributed by atoms with Gasteiger partial charge in [0.2, 0.25) is 0 Å². The number of amides is 1. The highest BCUT2D eigenvalue weighted by molar-refractivity contribution is 5.94. The lowest BCUT2D eigenvalue weighted by Gasteiger charge is -2.29. The van der Waals surface area contributed by atoms with Gasteiger partial charge in [0.25, 0.3) is 5.91 Å². The fourth-order valence-corrected chi connectivity index (χ4v) is 3.75. The molecular weight excluding hydrogens is 346 g/mol. The van der Waals surface area contributed by atoms with Crippen LogP contribution in [0.25, 0.3) is 0 Å². The van der Waals surface area contributed by atoms with Gasteiger partial charge in [-0.15, -0.1) is 0 Å². The third-order valence-electron chi connectivity index (χ3n) is 5.77. The predicted octanol–water partition coefficient (Wildman–Crippen LogP) is 5.87. The molecule has 1 aliphatic carbocycles. The van der Waals surface area contributed by atoms with Gasteiger partial charge in [-0.05, 0) is 59.6 Å². The third-order valence-corrected chi connectivity index (χ3v) is 5.77. The summed E-state index contributed by atoms with van der Waals surface area (Å²) >= 11 is 0. The van der Waals surface area contributed by atoms with Crippen LogP contribution < -0.4 is 10.1 Å². The van der Waals surface area contributed by atoms with Crippen molar-refractivity contribution >= 4 is 5.91 Å². The fraction of sp³-hybridized carbons (Fsp3) is 0.480. The lowest BCUT2D eigenvalue weighted by Crippen LogP contribution is -2.41. The van der Waals surface area contributed by atoms with Crippen LogP contribution in [0.2, 0.25) is 0 Å². The van der Waals surface area contributed by atoms with Crippen LogP contribution in [-0.4, -0.2) is 11.9 Å². The summed E-state index contributed by atoms with van der Waals surface area (Å²) in [6.07, 6.45) is 4.79. The zero-order chi connectivity index (χ0) is 20.1. The number of nitrogens with one attached hydrogen (secondary N) is 1. The van der Waals surface area contributed by atoms with Crippen LogP contribution in [0.4, 0.5) is 0 Å². The van der Waals surface area contributed by atoms with Crippen LogP contribution in [0.5, 0.6) is 5.75 Å². The zero-order valence-electron chi connectivity index (χ0n) is 17.6. The lowest BCUT2D eigenvalue weighted by molar-refractivity contribution is 0.0910. The first-order valence-corrected chi connectivity index (χ1v) is 10.5. The minimum Gasteiger partial charge on any atom is -0.489 e. The molecule has 0 radical (unpaired) electrons. The van der Waals surface area contributed by atoms with Crippen LogP contribution in [-0.2, 0) is 12.0 Å². The van der Waals surface area contributed by atoms with Gasteiger partial charge in [-0.25, -0.2) is 0 Å². The zero-order valence-corrected chi connectivity index (χ0v) is 17.6. The predicted molar refractivity (Wildman–Crippen MR) is 115 cm³/mol. The van der Waals surface area contributed by atoms with E-state index < -0.39 is 0 Å². The van der Waals surface area contributed by atoms with E-state index in [4.69, 9.17) is 4.74 Å². The van der Waals surface area contributed by atoms with Gasteiger partial charge >= 0.3 is 0 Å². The quantitative estimate of drug-likeness (QED) is 0.705. The van der Waals surface area contributed by atoms with E-state index in [0.29, 0.717) is 18.6 Å². The van der Waals surface area contributed by atoms with Gasteiger partial charge < -0.3 is 10.1 Å². The topological polar surface area (TPSA) is 38.3 Å². The Morgan fingerprint density at radius 3 is 2.25 bits per heavy atom. The SMILES string of the molecule is C[C@@H]1CCCC[C@@H]1NC(=O)c1ccc(COc2ccc(C(C)(C)C)cc2)cc1. The molecular formula is C25H33NO2. The summed E-state index contributed by atoms with van der Waals surface area (Å²) in [6, 6.07) is 16.3. The average Bonchev–Trinajstić information content (AvgIpc) is 2.68. The molecule has 0 saturated heterocycles. The molecule has 3 nitrogen and oxygen atoms in total. The summed E-state index contributed by atoms with van der Waals surface area (Å²) in [4.78, 5) is 12.5. The molecule has 28 heavy (non-hydrogen) atoms. The van der Waals surface area contributed by atoms with Crippen LogP contribution in [0.3, 0.4) is 0 Å². The van der Waals surface area contributed by atoms with Crippen LogP contribution >= 0.6 is 0 Å². The van der Waals surface area contributed by atoms with E-state index in [9.17, 15) is 4.79 Å². The Hall–Kier alpha value is -2.29. The van der Waals surface area contributed by atoms with Crippen LogP contribution in [0.1, 0.15) is 74.9 Å². The molecule has 1 amide bonds. The van der Waals surface area contributed by atoms with E-state index in [1.807, 2.05) is 36.4 Å². The molecule has 1 fully saturated rings. The van der Waals surface area contributed by atoms with Crippen molar-refractivity contribution in [2.45, 2.75) is 71.4 Å². The van der Waals surface area contributed by atoms with Gasteiger partial charge in [-0.1, -0.05) is 64.8 Å². The normalized spacial score (nSPS) is 19.9. The van der Waals surface area contributed by atoms with E-state index in [2.05, 4.69) is 45.1 Å². The molecule has 150 valence electrons. The van der Waals surface area contributed by atoms with Crippen molar-refractivity contribution in [2.24, 2.45) is 5.92 Å². The summed E-state index contributed by atoms with van der Waals surface area (Å²) < 4.78 is 5.90. The van der Waals surface area contributed by atoms with Crippen molar-refractivity contribution in [1.29, 1.82) is 0 Å². The molecule has 1 saturated carbocycles. The first-order chi connectivity index (χ1) is 13.3. The number of carbonyl (C=O) groups is 1. The first-order valence-electron chi connectivity index (χ1n) is 10.5. The summed E-state index contributed by atoms with van der Waals surface area (Å²) in [5, 5.41) is 3.21. The smallest absolute Gasteiger partial charge is 0.251 e. The Bertz CT molecular complexity index is 772.